The van der Waals surface area contributed by atoms with Crippen molar-refractivity contribution < 1.29 is 19.4 Å². The zero-order valence-electron chi connectivity index (χ0n) is 11.8. The van der Waals surface area contributed by atoms with Crippen LogP contribution in [-0.4, -0.2) is 30.8 Å². The van der Waals surface area contributed by atoms with Crippen LogP contribution < -0.4 is 14.4 Å². The lowest BCUT2D eigenvalue weighted by Crippen LogP contribution is -2.39. The number of fused-ring (bicyclic) bond motifs is 1. The van der Waals surface area contributed by atoms with Crippen LogP contribution in [-0.2, 0) is 11.4 Å². The number of benzene rings is 1. The van der Waals surface area contributed by atoms with Gasteiger partial charge in [-0.05, 0) is 31.5 Å². The summed E-state index contributed by atoms with van der Waals surface area (Å²) in [5.74, 6) is 0.969. The van der Waals surface area contributed by atoms with Crippen LogP contribution in [0.1, 0.15) is 19.4 Å². The number of hydrogen-bond acceptors (Lipinski definition) is 4. The predicted octanol–water partition coefficient (Wildman–Crippen LogP) is 1.88. The molecular weight excluding hydrogens is 258 g/mol. The van der Waals surface area contributed by atoms with Crippen molar-refractivity contribution in [3.63, 3.8) is 0 Å². The molecule has 0 aromatic heterocycles. The fraction of sp³-hybridized carbons (Fsp3) is 0.400. The third-order valence-electron chi connectivity index (χ3n) is 2.94. The van der Waals surface area contributed by atoms with E-state index in [9.17, 15) is 9.90 Å². The molecule has 108 valence electrons. The minimum Gasteiger partial charge on any atom is -0.490 e. The molecule has 5 nitrogen and oxygen atoms in total. The van der Waals surface area contributed by atoms with E-state index in [1.807, 2.05) is 13.8 Å². The van der Waals surface area contributed by atoms with E-state index >= 15 is 0 Å². The van der Waals surface area contributed by atoms with Crippen LogP contribution in [0, 0.1) is 0 Å². The lowest BCUT2D eigenvalue weighted by molar-refractivity contribution is -0.121. The Hall–Kier alpha value is -2.01. The Kier molecular flexibility index (Phi) is 4.29. The van der Waals surface area contributed by atoms with Crippen molar-refractivity contribution in [3.05, 3.63) is 29.8 Å². The van der Waals surface area contributed by atoms with E-state index in [1.54, 1.807) is 17.0 Å². The molecule has 0 atom stereocenters. The van der Waals surface area contributed by atoms with Gasteiger partial charge in [-0.15, -0.1) is 0 Å². The molecule has 0 saturated carbocycles. The Morgan fingerprint density at radius 3 is 2.90 bits per heavy atom. The van der Waals surface area contributed by atoms with Crippen LogP contribution in [0.3, 0.4) is 0 Å². The molecule has 0 spiro atoms. The van der Waals surface area contributed by atoms with Gasteiger partial charge in [0, 0.05) is 6.54 Å². The van der Waals surface area contributed by atoms with E-state index in [2.05, 4.69) is 6.58 Å². The fourth-order valence-electron chi connectivity index (χ4n) is 2.13. The molecule has 1 aromatic carbocycles. The largest absolute Gasteiger partial charge is 0.490 e. The highest BCUT2D eigenvalue weighted by atomic mass is 16.5. The van der Waals surface area contributed by atoms with Crippen LogP contribution >= 0.6 is 0 Å². The number of carbonyl (C=O) groups is 1. The Bertz CT molecular complexity index is 539. The number of nitrogens with zero attached hydrogens (tertiary/aromatic N) is 1. The van der Waals surface area contributed by atoms with Gasteiger partial charge in [-0.2, -0.15) is 0 Å². The van der Waals surface area contributed by atoms with Crippen LogP contribution in [0.25, 0.3) is 0 Å². The molecule has 20 heavy (non-hydrogen) atoms. The summed E-state index contributed by atoms with van der Waals surface area (Å²) in [4.78, 5) is 13.6. The first-order valence-corrected chi connectivity index (χ1v) is 6.55. The van der Waals surface area contributed by atoms with Gasteiger partial charge in [-0.1, -0.05) is 12.2 Å². The van der Waals surface area contributed by atoms with E-state index in [1.165, 1.54) is 0 Å². The molecule has 1 aromatic rings. The van der Waals surface area contributed by atoms with Gasteiger partial charge in [0.1, 0.15) is 0 Å². The number of carbonyl (C=O) groups excluding carboxylic acids is 1. The summed E-state index contributed by atoms with van der Waals surface area (Å²) in [5.41, 5.74) is 2.18. The Morgan fingerprint density at radius 1 is 1.55 bits per heavy atom. The highest BCUT2D eigenvalue weighted by molar-refractivity contribution is 5.99. The molecule has 2 rings (SSSR count). The average Bonchev–Trinajstić information content (AvgIpc) is 2.41. The van der Waals surface area contributed by atoms with E-state index in [-0.39, 0.29) is 19.1 Å². The van der Waals surface area contributed by atoms with Crippen LogP contribution in [0.2, 0.25) is 0 Å². The maximum atomic E-state index is 12.0. The zero-order chi connectivity index (χ0) is 14.7. The van der Waals surface area contributed by atoms with Crippen molar-refractivity contribution in [2.24, 2.45) is 0 Å². The van der Waals surface area contributed by atoms with Crippen molar-refractivity contribution in [3.8, 4) is 11.5 Å². The minimum atomic E-state index is -0.127. The van der Waals surface area contributed by atoms with E-state index in [0.717, 1.165) is 5.57 Å². The Balaban J connectivity index is 2.51. The highest BCUT2D eigenvalue weighted by Gasteiger charge is 2.28. The van der Waals surface area contributed by atoms with Crippen molar-refractivity contribution >= 4 is 11.6 Å². The number of anilines is 1. The number of aliphatic hydroxyl groups excluding tert-OH is 1. The molecule has 1 amide bonds. The first-order valence-electron chi connectivity index (χ1n) is 6.55. The number of amides is 1. The van der Waals surface area contributed by atoms with Gasteiger partial charge in [0.2, 0.25) is 0 Å². The summed E-state index contributed by atoms with van der Waals surface area (Å²) < 4.78 is 11.0. The monoisotopic (exact) mass is 277 g/mol. The molecule has 0 fully saturated rings. The second-order valence-electron chi connectivity index (χ2n) is 4.76. The lowest BCUT2D eigenvalue weighted by atomic mass is 10.1. The van der Waals surface area contributed by atoms with E-state index in [0.29, 0.717) is 35.9 Å². The average molecular weight is 277 g/mol. The molecule has 0 radical (unpaired) electrons. The number of hydrogen-bond donors (Lipinski definition) is 1. The molecule has 0 unspecified atom stereocenters. The van der Waals surface area contributed by atoms with Crippen molar-refractivity contribution in [1.82, 2.24) is 0 Å². The SMILES string of the molecule is C=C(C)CN1C(=O)COc2c(OCC)cc(CO)cc21. The Morgan fingerprint density at radius 2 is 2.30 bits per heavy atom. The number of aliphatic hydroxyl groups is 1. The topological polar surface area (TPSA) is 59.0 Å². The first-order chi connectivity index (χ1) is 9.56. The van der Waals surface area contributed by atoms with Gasteiger partial charge in [0.15, 0.2) is 18.1 Å². The summed E-state index contributed by atoms with van der Waals surface area (Å²) in [6.45, 7) is 8.35. The maximum Gasteiger partial charge on any atom is 0.265 e. The van der Waals surface area contributed by atoms with Crippen LogP contribution in [0.4, 0.5) is 5.69 Å². The van der Waals surface area contributed by atoms with Gasteiger partial charge >= 0.3 is 0 Å². The number of rotatable bonds is 5. The molecule has 0 saturated heterocycles. The molecule has 0 bridgehead atoms. The summed E-state index contributed by atoms with van der Waals surface area (Å²) in [6, 6.07) is 3.48. The summed E-state index contributed by atoms with van der Waals surface area (Å²) in [6.07, 6.45) is 0. The molecular formula is C15H19NO4. The lowest BCUT2D eigenvalue weighted by Gasteiger charge is -2.31. The molecule has 5 heteroatoms. The highest BCUT2D eigenvalue weighted by Crippen LogP contribution is 2.41. The van der Waals surface area contributed by atoms with Gasteiger partial charge < -0.3 is 19.5 Å². The van der Waals surface area contributed by atoms with Crippen LogP contribution in [0.5, 0.6) is 11.5 Å². The van der Waals surface area contributed by atoms with Gasteiger partial charge in [0.05, 0.1) is 18.9 Å². The second-order valence-corrected chi connectivity index (χ2v) is 4.76. The van der Waals surface area contributed by atoms with Crippen molar-refractivity contribution in [1.29, 1.82) is 0 Å². The molecule has 1 N–H and O–H groups in total. The zero-order valence-corrected chi connectivity index (χ0v) is 11.8. The second kappa shape index (κ2) is 5.96. The molecule has 1 aliphatic heterocycles. The predicted molar refractivity (Wildman–Crippen MR) is 76.2 cm³/mol. The molecule has 1 aliphatic rings. The maximum absolute atomic E-state index is 12.0. The summed E-state index contributed by atoms with van der Waals surface area (Å²) in [7, 11) is 0. The third-order valence-corrected chi connectivity index (χ3v) is 2.94. The smallest absolute Gasteiger partial charge is 0.265 e. The minimum absolute atomic E-state index is 0.0151. The third kappa shape index (κ3) is 2.77. The summed E-state index contributed by atoms with van der Waals surface area (Å²) in [5, 5.41) is 9.35. The fourth-order valence-corrected chi connectivity index (χ4v) is 2.13. The normalized spacial score (nSPS) is 13.8. The number of ether oxygens (including phenoxy) is 2. The quantitative estimate of drug-likeness (QED) is 0.835. The summed E-state index contributed by atoms with van der Waals surface area (Å²) >= 11 is 0. The first kappa shape index (κ1) is 14.4. The van der Waals surface area contributed by atoms with E-state index in [4.69, 9.17) is 9.47 Å². The Labute approximate surface area is 118 Å². The van der Waals surface area contributed by atoms with Gasteiger partial charge in [-0.25, -0.2) is 0 Å². The standard InChI is InChI=1S/C15H19NO4/c1-4-19-13-6-11(8-17)5-12-15(13)20-9-14(18)16(12)7-10(2)3/h5-6,17H,2,4,7-9H2,1,3H3. The van der Waals surface area contributed by atoms with Gasteiger partial charge in [0.25, 0.3) is 5.91 Å². The van der Waals surface area contributed by atoms with Crippen LogP contribution in [0.15, 0.2) is 24.3 Å². The van der Waals surface area contributed by atoms with Crippen molar-refractivity contribution in [2.45, 2.75) is 20.5 Å². The molecule has 0 aliphatic carbocycles. The molecule has 1 heterocycles. The van der Waals surface area contributed by atoms with Gasteiger partial charge in [-0.3, -0.25) is 4.79 Å². The van der Waals surface area contributed by atoms with E-state index < -0.39 is 0 Å². The van der Waals surface area contributed by atoms with Crippen molar-refractivity contribution in [2.75, 3.05) is 24.7 Å².